The molecule has 8 heteroatoms. The highest BCUT2D eigenvalue weighted by molar-refractivity contribution is 7.13. The number of aliphatic hydroxyl groups is 1. The lowest BCUT2D eigenvalue weighted by atomic mass is 9.94. The minimum atomic E-state index is -1.12. The first kappa shape index (κ1) is 26.5. The second-order valence-electron chi connectivity index (χ2n) is 11.1. The number of amides is 2. The van der Waals surface area contributed by atoms with Crippen molar-refractivity contribution in [3.05, 3.63) is 76.4 Å². The maximum Gasteiger partial charge on any atom is 0.246 e. The fraction of sp³-hybridized carbons (Fsp3) is 0.433. The fourth-order valence-corrected chi connectivity index (χ4v) is 6.71. The molecular formula is C30H36N4O3S. The lowest BCUT2D eigenvalue weighted by Gasteiger charge is -2.39. The Hall–Kier alpha value is -3.07. The van der Waals surface area contributed by atoms with Crippen molar-refractivity contribution >= 4 is 23.2 Å². The number of aryl methyl sites for hydroxylation is 1. The zero-order valence-corrected chi connectivity index (χ0v) is 23.3. The summed E-state index contributed by atoms with van der Waals surface area (Å²) in [6, 6.07) is 16.0. The van der Waals surface area contributed by atoms with Gasteiger partial charge in [-0.15, -0.1) is 11.3 Å². The maximum absolute atomic E-state index is 14.0. The molecule has 5 rings (SSSR count). The predicted molar refractivity (Wildman–Crippen MR) is 149 cm³/mol. The van der Waals surface area contributed by atoms with Gasteiger partial charge in [-0.25, -0.2) is 4.98 Å². The van der Waals surface area contributed by atoms with E-state index in [2.05, 4.69) is 27.3 Å². The molecule has 0 radical (unpaired) electrons. The van der Waals surface area contributed by atoms with E-state index in [0.717, 1.165) is 21.7 Å². The number of nitrogens with one attached hydrogen (secondary N) is 1. The molecule has 2 aromatic carbocycles. The summed E-state index contributed by atoms with van der Waals surface area (Å²) in [5.41, 5.74) is 6.29. The van der Waals surface area contributed by atoms with Crippen LogP contribution in [0.4, 0.5) is 0 Å². The molecule has 2 N–H and O–H groups in total. The van der Waals surface area contributed by atoms with Gasteiger partial charge in [-0.05, 0) is 42.0 Å². The number of carbonyl (C=O) groups excluding carboxylic acids is 2. The van der Waals surface area contributed by atoms with Gasteiger partial charge in [0, 0.05) is 32.6 Å². The number of hydrogen-bond donors (Lipinski definition) is 2. The molecule has 38 heavy (non-hydrogen) atoms. The number of β-amino-alcohol motifs (C(OH)–C–C–N with tert-alkyl or cyclic N) is 1. The first-order valence-corrected chi connectivity index (χ1v) is 14.1. The van der Waals surface area contributed by atoms with Crippen LogP contribution in [0.15, 0.2) is 54.0 Å². The molecule has 2 aliphatic heterocycles. The first-order chi connectivity index (χ1) is 18.2. The minimum Gasteiger partial charge on any atom is -0.391 e. The van der Waals surface area contributed by atoms with Crippen LogP contribution >= 0.6 is 11.3 Å². The van der Waals surface area contributed by atoms with Crippen LogP contribution in [0.5, 0.6) is 0 Å². The molecule has 1 saturated heterocycles. The zero-order valence-electron chi connectivity index (χ0n) is 22.5. The summed E-state index contributed by atoms with van der Waals surface area (Å²) in [5.74, 6) is -0.272. The van der Waals surface area contributed by atoms with Crippen LogP contribution in [0.2, 0.25) is 0 Å². The lowest BCUT2D eigenvalue weighted by molar-refractivity contribution is -0.149. The van der Waals surface area contributed by atoms with E-state index in [1.807, 2.05) is 62.7 Å². The van der Waals surface area contributed by atoms with E-state index in [4.69, 9.17) is 0 Å². The highest BCUT2D eigenvalue weighted by atomic mass is 32.1. The fourth-order valence-electron chi connectivity index (χ4n) is 5.90. The smallest absolute Gasteiger partial charge is 0.246 e. The molecule has 200 valence electrons. The van der Waals surface area contributed by atoms with E-state index >= 15 is 0 Å². The highest BCUT2D eigenvalue weighted by Gasteiger charge is 2.51. The number of aromatic nitrogens is 1. The molecule has 1 fully saturated rings. The summed E-state index contributed by atoms with van der Waals surface area (Å²) in [4.78, 5) is 36.9. The number of rotatable bonds is 7. The third-order valence-electron chi connectivity index (χ3n) is 7.94. The van der Waals surface area contributed by atoms with Crippen molar-refractivity contribution in [3.63, 3.8) is 0 Å². The Balaban J connectivity index is 1.29. The van der Waals surface area contributed by atoms with E-state index < -0.39 is 11.6 Å². The van der Waals surface area contributed by atoms with E-state index in [-0.39, 0.29) is 36.7 Å². The van der Waals surface area contributed by atoms with Gasteiger partial charge in [-0.3, -0.25) is 14.5 Å². The van der Waals surface area contributed by atoms with Crippen molar-refractivity contribution in [2.75, 3.05) is 6.54 Å². The van der Waals surface area contributed by atoms with Gasteiger partial charge in [-0.1, -0.05) is 62.4 Å². The van der Waals surface area contributed by atoms with E-state index in [1.54, 1.807) is 23.2 Å². The molecule has 1 aromatic heterocycles. The summed E-state index contributed by atoms with van der Waals surface area (Å²) >= 11 is 1.61. The molecule has 2 aliphatic rings. The van der Waals surface area contributed by atoms with Crippen molar-refractivity contribution in [1.29, 1.82) is 0 Å². The van der Waals surface area contributed by atoms with Crippen LogP contribution < -0.4 is 5.32 Å². The SMILES string of the molecule is Cc1ncsc1-c1ccc(CNC(=O)C2(C)C[C@@H](O)CN2C(=O)[C@H](C(C)C)N2Cc3ccccc3C2)cc1. The molecule has 1 unspecified atom stereocenters. The topological polar surface area (TPSA) is 85.8 Å². The quantitative estimate of drug-likeness (QED) is 0.478. The van der Waals surface area contributed by atoms with Crippen molar-refractivity contribution in [1.82, 2.24) is 20.1 Å². The van der Waals surface area contributed by atoms with Crippen LogP contribution in [0.25, 0.3) is 10.4 Å². The van der Waals surface area contributed by atoms with Gasteiger partial charge in [0.2, 0.25) is 11.8 Å². The number of thiazole rings is 1. The van der Waals surface area contributed by atoms with Gasteiger partial charge in [0.15, 0.2) is 0 Å². The minimum absolute atomic E-state index is 0.0579. The van der Waals surface area contributed by atoms with Crippen LogP contribution in [0.1, 0.15) is 49.6 Å². The highest BCUT2D eigenvalue weighted by Crippen LogP contribution is 2.34. The number of benzene rings is 2. The Morgan fingerprint density at radius 2 is 1.79 bits per heavy atom. The van der Waals surface area contributed by atoms with Gasteiger partial charge >= 0.3 is 0 Å². The lowest BCUT2D eigenvalue weighted by Crippen LogP contribution is -2.60. The van der Waals surface area contributed by atoms with E-state index in [9.17, 15) is 14.7 Å². The van der Waals surface area contributed by atoms with Gasteiger partial charge in [0.1, 0.15) is 5.54 Å². The summed E-state index contributed by atoms with van der Waals surface area (Å²) in [6.07, 6.45) is -0.514. The number of carbonyl (C=O) groups is 2. The van der Waals surface area contributed by atoms with Crippen molar-refractivity contribution in [2.45, 2.75) is 71.4 Å². The number of fused-ring (bicyclic) bond motifs is 1. The molecule has 3 heterocycles. The second-order valence-corrected chi connectivity index (χ2v) is 11.9. The molecule has 3 atom stereocenters. The Morgan fingerprint density at radius 1 is 1.13 bits per heavy atom. The third kappa shape index (κ3) is 5.00. The van der Waals surface area contributed by atoms with Gasteiger partial charge in [0.05, 0.1) is 28.2 Å². The normalized spacial score (nSPS) is 22.1. The van der Waals surface area contributed by atoms with Crippen LogP contribution in [0.3, 0.4) is 0 Å². The molecule has 0 spiro atoms. The molecule has 0 bridgehead atoms. The van der Waals surface area contributed by atoms with E-state index in [1.165, 1.54) is 11.1 Å². The molecule has 2 amide bonds. The maximum atomic E-state index is 14.0. The third-order valence-corrected chi connectivity index (χ3v) is 8.91. The Bertz CT molecular complexity index is 1300. The summed E-state index contributed by atoms with van der Waals surface area (Å²) in [7, 11) is 0. The largest absolute Gasteiger partial charge is 0.391 e. The van der Waals surface area contributed by atoms with Crippen LogP contribution in [-0.2, 0) is 29.2 Å². The zero-order chi connectivity index (χ0) is 27.0. The number of nitrogens with zero attached hydrogens (tertiary/aromatic N) is 3. The first-order valence-electron chi connectivity index (χ1n) is 13.3. The monoisotopic (exact) mass is 532 g/mol. The second kappa shape index (κ2) is 10.6. The predicted octanol–water partition coefficient (Wildman–Crippen LogP) is 4.13. The van der Waals surface area contributed by atoms with Gasteiger partial charge in [0.25, 0.3) is 0 Å². The Kier molecular flexibility index (Phi) is 7.40. The molecule has 7 nitrogen and oxygen atoms in total. The van der Waals surface area contributed by atoms with Crippen molar-refractivity contribution < 1.29 is 14.7 Å². The average Bonchev–Trinajstić information content (AvgIpc) is 3.59. The number of aliphatic hydroxyl groups excluding tert-OH is 1. The molecule has 3 aromatic rings. The standard InChI is InChI=1S/C30H36N4O3S/c1-19(2)26(33-15-23-7-5-6-8-24(23)16-33)28(36)34-17-25(35)13-30(34,4)29(37)31-14-21-9-11-22(12-10-21)27-20(3)32-18-38-27/h5-12,18-19,25-26,35H,13-17H2,1-4H3,(H,31,37)/t25-,26+,30?/m1/s1. The summed E-state index contributed by atoms with van der Waals surface area (Å²) in [6.45, 7) is 9.81. The van der Waals surface area contributed by atoms with Crippen molar-refractivity contribution in [2.24, 2.45) is 5.92 Å². The van der Waals surface area contributed by atoms with Crippen LogP contribution in [0, 0.1) is 12.8 Å². The Morgan fingerprint density at radius 3 is 2.37 bits per heavy atom. The summed E-state index contributed by atoms with van der Waals surface area (Å²) in [5, 5.41) is 13.6. The van der Waals surface area contributed by atoms with Crippen molar-refractivity contribution in [3.8, 4) is 10.4 Å². The van der Waals surface area contributed by atoms with Gasteiger partial charge in [-0.2, -0.15) is 0 Å². The summed E-state index contributed by atoms with van der Waals surface area (Å²) < 4.78 is 0. The molecular weight excluding hydrogens is 496 g/mol. The van der Waals surface area contributed by atoms with Gasteiger partial charge < -0.3 is 15.3 Å². The number of likely N-dealkylation sites (tertiary alicyclic amines) is 1. The molecule has 0 aliphatic carbocycles. The molecule has 0 saturated carbocycles. The number of hydrogen-bond acceptors (Lipinski definition) is 6. The van der Waals surface area contributed by atoms with Crippen LogP contribution in [-0.4, -0.2) is 55.9 Å². The van der Waals surface area contributed by atoms with E-state index in [0.29, 0.717) is 19.6 Å². The Labute approximate surface area is 228 Å². The average molecular weight is 533 g/mol.